The molecule has 0 atom stereocenters. The Morgan fingerprint density at radius 3 is 2.87 bits per heavy atom. The lowest BCUT2D eigenvalue weighted by molar-refractivity contribution is 0.667. The lowest BCUT2D eigenvalue weighted by Gasteiger charge is -2.02. The minimum absolute atomic E-state index is 0.770. The summed E-state index contributed by atoms with van der Waals surface area (Å²) in [5, 5.41) is 3.30. The van der Waals surface area contributed by atoms with Gasteiger partial charge in [0.05, 0.1) is 17.7 Å². The van der Waals surface area contributed by atoms with E-state index >= 15 is 0 Å². The van der Waals surface area contributed by atoms with Crippen LogP contribution in [-0.2, 0) is 13.1 Å². The van der Waals surface area contributed by atoms with E-state index in [-0.39, 0.29) is 0 Å². The molecular formula is C11H14N4. The Labute approximate surface area is 88.8 Å². The molecule has 0 aliphatic rings. The van der Waals surface area contributed by atoms with Crippen LogP contribution in [0.3, 0.4) is 0 Å². The Balaban J connectivity index is 1.83. The number of aryl methyl sites for hydroxylation is 1. The summed E-state index contributed by atoms with van der Waals surface area (Å²) in [6, 6.07) is 5.91. The molecule has 0 aliphatic carbocycles. The molecule has 0 amide bonds. The van der Waals surface area contributed by atoms with E-state index in [4.69, 9.17) is 0 Å². The number of nitrogens with one attached hydrogen (secondary N) is 2. The average Bonchev–Trinajstić information content (AvgIpc) is 2.66. The zero-order valence-electron chi connectivity index (χ0n) is 8.70. The first kappa shape index (κ1) is 9.86. The number of rotatable bonds is 4. The van der Waals surface area contributed by atoms with Crippen molar-refractivity contribution in [1.82, 2.24) is 20.3 Å². The normalized spacial score (nSPS) is 10.5. The van der Waals surface area contributed by atoms with Crippen LogP contribution >= 0.6 is 0 Å². The van der Waals surface area contributed by atoms with Crippen LogP contribution in [0.2, 0.25) is 0 Å². The Bertz CT molecular complexity index is 408. The molecule has 0 unspecified atom stereocenters. The molecule has 2 heterocycles. The molecule has 2 aromatic heterocycles. The number of aromatic nitrogens is 3. The second kappa shape index (κ2) is 4.70. The fourth-order valence-electron chi connectivity index (χ4n) is 1.38. The number of imidazole rings is 1. The predicted octanol–water partition coefficient (Wildman–Crippen LogP) is 1.40. The van der Waals surface area contributed by atoms with E-state index < -0.39 is 0 Å². The van der Waals surface area contributed by atoms with E-state index in [0.717, 1.165) is 30.2 Å². The maximum absolute atomic E-state index is 4.23. The van der Waals surface area contributed by atoms with E-state index in [9.17, 15) is 0 Å². The van der Waals surface area contributed by atoms with Crippen molar-refractivity contribution in [3.05, 3.63) is 47.8 Å². The van der Waals surface area contributed by atoms with E-state index in [2.05, 4.69) is 20.3 Å². The molecule has 4 nitrogen and oxygen atoms in total. The van der Waals surface area contributed by atoms with Gasteiger partial charge < -0.3 is 10.3 Å². The summed E-state index contributed by atoms with van der Waals surface area (Å²) in [5.41, 5.74) is 3.22. The molecule has 2 aromatic rings. The highest BCUT2D eigenvalue weighted by Gasteiger charge is 1.99. The minimum atomic E-state index is 0.770. The summed E-state index contributed by atoms with van der Waals surface area (Å²) in [7, 11) is 0. The molecule has 15 heavy (non-hydrogen) atoms. The molecule has 0 radical (unpaired) electrons. The zero-order valence-corrected chi connectivity index (χ0v) is 8.70. The number of H-pyrrole nitrogens is 1. The summed E-state index contributed by atoms with van der Waals surface area (Å²) >= 11 is 0. The Hall–Kier alpha value is -1.68. The van der Waals surface area contributed by atoms with Gasteiger partial charge in [-0.15, -0.1) is 0 Å². The molecule has 0 saturated heterocycles. The van der Waals surface area contributed by atoms with Crippen molar-refractivity contribution in [1.29, 1.82) is 0 Å². The molecular weight excluding hydrogens is 188 g/mol. The maximum Gasteiger partial charge on any atom is 0.0925 e. The zero-order chi connectivity index (χ0) is 10.5. The SMILES string of the molecule is Cc1[nH]cnc1CNCc1ccccn1. The Morgan fingerprint density at radius 1 is 1.27 bits per heavy atom. The molecule has 0 aliphatic heterocycles. The Kier molecular flexibility index (Phi) is 3.09. The highest BCUT2D eigenvalue weighted by molar-refractivity contribution is 5.08. The van der Waals surface area contributed by atoms with Crippen molar-refractivity contribution in [2.45, 2.75) is 20.0 Å². The summed E-state index contributed by atoms with van der Waals surface area (Å²) in [6.45, 7) is 3.56. The van der Waals surface area contributed by atoms with Gasteiger partial charge in [0.15, 0.2) is 0 Å². The van der Waals surface area contributed by atoms with Gasteiger partial charge in [0.1, 0.15) is 0 Å². The number of hydrogen-bond donors (Lipinski definition) is 2. The van der Waals surface area contributed by atoms with Gasteiger partial charge in [0.2, 0.25) is 0 Å². The molecule has 2 rings (SSSR count). The first-order valence-electron chi connectivity index (χ1n) is 4.96. The van der Waals surface area contributed by atoms with Crippen LogP contribution in [0.4, 0.5) is 0 Å². The van der Waals surface area contributed by atoms with Crippen LogP contribution in [0.5, 0.6) is 0 Å². The summed E-state index contributed by atoms with van der Waals surface area (Å²) in [5.74, 6) is 0. The van der Waals surface area contributed by atoms with Gasteiger partial charge in [-0.2, -0.15) is 0 Å². The molecule has 4 heteroatoms. The highest BCUT2D eigenvalue weighted by Crippen LogP contribution is 2.00. The van der Waals surface area contributed by atoms with Gasteiger partial charge in [-0.05, 0) is 19.1 Å². The predicted molar refractivity (Wildman–Crippen MR) is 58.1 cm³/mol. The van der Waals surface area contributed by atoms with Crippen molar-refractivity contribution >= 4 is 0 Å². The quantitative estimate of drug-likeness (QED) is 0.788. The summed E-state index contributed by atoms with van der Waals surface area (Å²) < 4.78 is 0. The molecule has 0 saturated carbocycles. The standard InChI is InChI=1S/C11H14N4/c1-9-11(15-8-14-9)7-12-6-10-4-2-3-5-13-10/h2-5,8,12H,6-7H2,1H3,(H,14,15). The lowest BCUT2D eigenvalue weighted by Crippen LogP contribution is -2.14. The molecule has 0 aromatic carbocycles. The summed E-state index contributed by atoms with van der Waals surface area (Å²) in [6.07, 6.45) is 3.52. The van der Waals surface area contributed by atoms with Gasteiger partial charge in [0, 0.05) is 25.0 Å². The van der Waals surface area contributed by atoms with Crippen LogP contribution in [0, 0.1) is 6.92 Å². The fourth-order valence-corrected chi connectivity index (χ4v) is 1.38. The first-order chi connectivity index (χ1) is 7.36. The van der Waals surface area contributed by atoms with Crippen LogP contribution in [0.1, 0.15) is 17.1 Å². The van der Waals surface area contributed by atoms with Gasteiger partial charge in [-0.1, -0.05) is 6.07 Å². The van der Waals surface area contributed by atoms with Gasteiger partial charge in [-0.25, -0.2) is 4.98 Å². The number of hydrogen-bond acceptors (Lipinski definition) is 3. The van der Waals surface area contributed by atoms with E-state index in [1.807, 2.05) is 25.1 Å². The number of nitrogens with zero attached hydrogens (tertiary/aromatic N) is 2. The third-order valence-electron chi connectivity index (χ3n) is 2.26. The molecule has 2 N–H and O–H groups in total. The maximum atomic E-state index is 4.23. The van der Waals surface area contributed by atoms with Crippen LogP contribution in [0.25, 0.3) is 0 Å². The number of aromatic amines is 1. The smallest absolute Gasteiger partial charge is 0.0925 e. The molecule has 0 fully saturated rings. The summed E-state index contributed by atoms with van der Waals surface area (Å²) in [4.78, 5) is 11.5. The van der Waals surface area contributed by atoms with E-state index in [1.54, 1.807) is 12.5 Å². The van der Waals surface area contributed by atoms with Crippen molar-refractivity contribution in [2.75, 3.05) is 0 Å². The van der Waals surface area contributed by atoms with Gasteiger partial charge in [0.25, 0.3) is 0 Å². The van der Waals surface area contributed by atoms with Crippen molar-refractivity contribution in [3.63, 3.8) is 0 Å². The first-order valence-corrected chi connectivity index (χ1v) is 4.96. The van der Waals surface area contributed by atoms with Crippen LogP contribution in [-0.4, -0.2) is 15.0 Å². The monoisotopic (exact) mass is 202 g/mol. The van der Waals surface area contributed by atoms with Crippen LogP contribution in [0.15, 0.2) is 30.7 Å². The average molecular weight is 202 g/mol. The second-order valence-electron chi connectivity index (χ2n) is 3.40. The van der Waals surface area contributed by atoms with Crippen molar-refractivity contribution < 1.29 is 0 Å². The largest absolute Gasteiger partial charge is 0.348 e. The van der Waals surface area contributed by atoms with Crippen LogP contribution < -0.4 is 5.32 Å². The molecule has 78 valence electrons. The van der Waals surface area contributed by atoms with E-state index in [0.29, 0.717) is 0 Å². The third kappa shape index (κ3) is 2.63. The lowest BCUT2D eigenvalue weighted by atomic mass is 10.3. The third-order valence-corrected chi connectivity index (χ3v) is 2.26. The fraction of sp³-hybridized carbons (Fsp3) is 0.273. The second-order valence-corrected chi connectivity index (χ2v) is 3.40. The number of pyridine rings is 1. The van der Waals surface area contributed by atoms with E-state index in [1.165, 1.54) is 0 Å². The van der Waals surface area contributed by atoms with Gasteiger partial charge in [-0.3, -0.25) is 4.98 Å². The molecule has 0 spiro atoms. The minimum Gasteiger partial charge on any atom is -0.348 e. The molecule has 0 bridgehead atoms. The Morgan fingerprint density at radius 2 is 2.20 bits per heavy atom. The van der Waals surface area contributed by atoms with Gasteiger partial charge >= 0.3 is 0 Å². The van der Waals surface area contributed by atoms with Crippen molar-refractivity contribution in [2.24, 2.45) is 0 Å². The highest BCUT2D eigenvalue weighted by atomic mass is 15.0. The van der Waals surface area contributed by atoms with Crippen molar-refractivity contribution in [3.8, 4) is 0 Å². The topological polar surface area (TPSA) is 53.6 Å².